The summed E-state index contributed by atoms with van der Waals surface area (Å²) in [6, 6.07) is 5.36. The van der Waals surface area contributed by atoms with Gasteiger partial charge < -0.3 is 10.5 Å². The van der Waals surface area contributed by atoms with Gasteiger partial charge in [-0.25, -0.2) is 18.7 Å². The number of nitrogens with one attached hydrogen (secondary N) is 1. The lowest BCUT2D eigenvalue weighted by Gasteiger charge is -2.18. The summed E-state index contributed by atoms with van der Waals surface area (Å²) < 4.78 is 19.8. The highest BCUT2D eigenvalue weighted by molar-refractivity contribution is 7.83. The number of hydrogen-bond acceptors (Lipinski definition) is 6. The molecule has 0 radical (unpaired) electrons. The second-order valence-corrected chi connectivity index (χ2v) is 9.85. The second-order valence-electron chi connectivity index (χ2n) is 7.52. The summed E-state index contributed by atoms with van der Waals surface area (Å²) in [5.74, 6) is 0.564. The molecule has 0 saturated heterocycles. The van der Waals surface area contributed by atoms with Crippen molar-refractivity contribution in [2.24, 2.45) is 5.73 Å². The molecule has 170 valence electrons. The molecule has 1 fully saturated rings. The fourth-order valence-corrected chi connectivity index (χ4v) is 5.59. The fourth-order valence-electron chi connectivity index (χ4n) is 3.36. The van der Waals surface area contributed by atoms with Gasteiger partial charge >= 0.3 is 6.09 Å². The number of amides is 1. The lowest BCUT2D eigenvalue weighted by molar-refractivity contribution is 0.112. The zero-order valence-electron chi connectivity index (χ0n) is 18.3. The molecule has 2 aromatic rings. The topological polar surface area (TPSA) is 111 Å². The van der Waals surface area contributed by atoms with Gasteiger partial charge in [-0.2, -0.15) is 0 Å². The number of benzene rings is 1. The van der Waals surface area contributed by atoms with Gasteiger partial charge in [0.25, 0.3) is 0 Å². The Balaban J connectivity index is 0.000000423. The zero-order valence-corrected chi connectivity index (χ0v) is 19.9. The van der Waals surface area contributed by atoms with E-state index >= 15 is 0 Å². The number of carbonyl (C=O) groups excluding carboxylic acids is 2. The van der Waals surface area contributed by atoms with E-state index in [0.29, 0.717) is 22.9 Å². The Morgan fingerprint density at radius 1 is 1.35 bits per heavy atom. The predicted octanol–water partition coefficient (Wildman–Crippen LogP) is 4.79. The number of rotatable bonds is 7. The summed E-state index contributed by atoms with van der Waals surface area (Å²) in [5, 5.41) is 1.18. The summed E-state index contributed by atoms with van der Waals surface area (Å²) in [7, 11) is -1.33. The van der Waals surface area contributed by atoms with Gasteiger partial charge in [0, 0.05) is 29.8 Å². The zero-order chi connectivity index (χ0) is 22.8. The molecular formula is C22H31N3O4S2. The molecular weight excluding hydrogens is 434 g/mol. The Bertz CT molecular complexity index is 893. The third-order valence-corrected chi connectivity index (χ3v) is 7.19. The van der Waals surface area contributed by atoms with Crippen molar-refractivity contribution in [1.29, 1.82) is 0 Å². The van der Waals surface area contributed by atoms with Gasteiger partial charge in [-0.1, -0.05) is 38.3 Å². The van der Waals surface area contributed by atoms with E-state index in [1.165, 1.54) is 37.1 Å². The monoisotopic (exact) mass is 465 g/mol. The van der Waals surface area contributed by atoms with Crippen LogP contribution in [0.4, 0.5) is 4.79 Å². The number of aromatic nitrogens is 1. The molecule has 1 heterocycles. The van der Waals surface area contributed by atoms with Crippen LogP contribution in [0.5, 0.6) is 0 Å². The van der Waals surface area contributed by atoms with E-state index in [9.17, 15) is 13.8 Å². The minimum absolute atomic E-state index is 0.0995. The highest BCUT2D eigenvalue weighted by Gasteiger charge is 2.20. The second kappa shape index (κ2) is 12.7. The van der Waals surface area contributed by atoms with Crippen LogP contribution in [0.25, 0.3) is 10.4 Å². The Labute approximate surface area is 190 Å². The first-order valence-electron chi connectivity index (χ1n) is 10.5. The Kier molecular flexibility index (Phi) is 10.3. The molecule has 9 heteroatoms. The molecule has 3 N–H and O–H groups in total. The molecule has 1 aromatic carbocycles. The van der Waals surface area contributed by atoms with Crippen LogP contribution < -0.4 is 10.5 Å². The molecule has 1 aromatic heterocycles. The molecule has 31 heavy (non-hydrogen) atoms. The highest BCUT2D eigenvalue weighted by atomic mass is 32.2. The molecule has 1 saturated carbocycles. The summed E-state index contributed by atoms with van der Waals surface area (Å²) >= 11 is 1.69. The standard InChI is InChI=1S/C18H22N2O2S2.C4H9NO2/c1-2-20-24(22)17-10-13(12-21)8-9-15(17)16-11-19-18(23-16)14-6-4-3-5-7-14;1-3(2)7-4(5)6/h8-12,14,20H,2-7H2,1H3;3H,1-2H3,(H2,5,6). The highest BCUT2D eigenvalue weighted by Crippen LogP contribution is 2.38. The molecule has 0 aliphatic heterocycles. The number of primary amides is 1. The molecule has 1 aliphatic carbocycles. The van der Waals surface area contributed by atoms with Crippen molar-refractivity contribution in [3.63, 3.8) is 0 Å². The molecule has 1 aliphatic rings. The quantitative estimate of drug-likeness (QED) is 0.571. The van der Waals surface area contributed by atoms with Crippen molar-refractivity contribution in [1.82, 2.24) is 9.71 Å². The molecule has 0 bridgehead atoms. The Morgan fingerprint density at radius 2 is 2.06 bits per heavy atom. The van der Waals surface area contributed by atoms with Crippen LogP contribution in [0, 0.1) is 0 Å². The van der Waals surface area contributed by atoms with Gasteiger partial charge in [-0.3, -0.25) is 4.79 Å². The first-order chi connectivity index (χ1) is 14.8. The van der Waals surface area contributed by atoms with Crippen LogP contribution in [0.3, 0.4) is 0 Å². The van der Waals surface area contributed by atoms with E-state index in [0.717, 1.165) is 16.7 Å². The van der Waals surface area contributed by atoms with E-state index in [4.69, 9.17) is 0 Å². The van der Waals surface area contributed by atoms with Crippen molar-refractivity contribution in [3.05, 3.63) is 35.0 Å². The number of thiazole rings is 1. The lowest BCUT2D eigenvalue weighted by Crippen LogP contribution is -2.17. The van der Waals surface area contributed by atoms with Gasteiger partial charge in [-0.05, 0) is 32.8 Å². The summed E-state index contributed by atoms with van der Waals surface area (Å²) in [5.41, 5.74) is 6.07. The van der Waals surface area contributed by atoms with E-state index in [1.807, 2.05) is 19.2 Å². The van der Waals surface area contributed by atoms with Gasteiger partial charge in [0.2, 0.25) is 0 Å². The van der Waals surface area contributed by atoms with Crippen molar-refractivity contribution in [2.75, 3.05) is 6.54 Å². The Morgan fingerprint density at radius 3 is 2.61 bits per heavy atom. The van der Waals surface area contributed by atoms with E-state index < -0.39 is 17.1 Å². The van der Waals surface area contributed by atoms with Gasteiger partial charge in [-0.15, -0.1) is 11.3 Å². The van der Waals surface area contributed by atoms with Crippen molar-refractivity contribution < 1.29 is 18.5 Å². The van der Waals surface area contributed by atoms with E-state index in [2.05, 4.69) is 20.2 Å². The summed E-state index contributed by atoms with van der Waals surface area (Å²) in [6.45, 7) is 6.00. The lowest BCUT2D eigenvalue weighted by atomic mass is 9.90. The molecule has 7 nitrogen and oxygen atoms in total. The maximum Gasteiger partial charge on any atom is 0.404 e. The van der Waals surface area contributed by atoms with Crippen molar-refractivity contribution >= 4 is 34.7 Å². The summed E-state index contributed by atoms with van der Waals surface area (Å²) in [6.07, 6.45) is 8.18. The van der Waals surface area contributed by atoms with Crippen molar-refractivity contribution in [2.45, 2.75) is 69.8 Å². The first-order valence-corrected chi connectivity index (χ1v) is 12.5. The molecule has 3 rings (SSSR count). The maximum atomic E-state index is 12.5. The van der Waals surface area contributed by atoms with Crippen molar-refractivity contribution in [3.8, 4) is 10.4 Å². The van der Waals surface area contributed by atoms with Gasteiger partial charge in [0.05, 0.1) is 20.9 Å². The van der Waals surface area contributed by atoms with Crippen LogP contribution in [0.2, 0.25) is 0 Å². The fraction of sp³-hybridized carbons (Fsp3) is 0.500. The van der Waals surface area contributed by atoms with Crippen LogP contribution in [-0.4, -0.2) is 34.2 Å². The third kappa shape index (κ3) is 7.83. The first kappa shape index (κ1) is 25.2. The predicted molar refractivity (Wildman–Crippen MR) is 125 cm³/mol. The number of hydrogen-bond donors (Lipinski definition) is 2. The molecule has 1 atom stereocenters. The summed E-state index contributed by atoms with van der Waals surface area (Å²) in [4.78, 5) is 27.2. The third-order valence-electron chi connectivity index (χ3n) is 4.71. The van der Waals surface area contributed by atoms with E-state index in [-0.39, 0.29) is 6.10 Å². The van der Waals surface area contributed by atoms with Crippen LogP contribution in [0.1, 0.15) is 74.2 Å². The average Bonchev–Trinajstić information content (AvgIpc) is 3.23. The number of nitrogens with zero attached hydrogens (tertiary/aromatic N) is 1. The molecule has 0 spiro atoms. The number of aldehydes is 1. The normalized spacial score (nSPS) is 15.1. The largest absolute Gasteiger partial charge is 0.447 e. The van der Waals surface area contributed by atoms with Gasteiger partial charge in [0.1, 0.15) is 17.3 Å². The number of ether oxygens (including phenoxy) is 1. The molecule has 1 unspecified atom stereocenters. The van der Waals surface area contributed by atoms with E-state index in [1.54, 1.807) is 37.3 Å². The SMILES string of the molecule is CC(C)OC(N)=O.CCNS(=O)c1cc(C=O)ccc1-c1cnc(C2CCCCC2)s1. The van der Waals surface area contributed by atoms with Crippen LogP contribution in [0.15, 0.2) is 29.3 Å². The molecule has 1 amide bonds. The Hall–Kier alpha value is -2.10. The number of nitrogens with two attached hydrogens (primary N) is 1. The smallest absolute Gasteiger partial charge is 0.404 e. The minimum Gasteiger partial charge on any atom is -0.447 e. The van der Waals surface area contributed by atoms with Crippen LogP contribution in [-0.2, 0) is 15.7 Å². The number of carbonyl (C=O) groups is 2. The van der Waals surface area contributed by atoms with Crippen LogP contribution >= 0.6 is 11.3 Å². The maximum absolute atomic E-state index is 12.5. The average molecular weight is 466 g/mol. The van der Waals surface area contributed by atoms with Gasteiger partial charge in [0.15, 0.2) is 0 Å². The minimum atomic E-state index is -1.33.